The molecule has 2 fully saturated rings. The van der Waals surface area contributed by atoms with Crippen LogP contribution in [0.5, 0.6) is 5.75 Å². The van der Waals surface area contributed by atoms with E-state index in [1.807, 2.05) is 24.3 Å². The minimum Gasteiger partial charge on any atom is -0.491 e. The molecule has 3 aromatic heterocycles. The fourth-order valence-corrected chi connectivity index (χ4v) is 5.25. The van der Waals surface area contributed by atoms with E-state index in [4.69, 9.17) is 14.5 Å². The number of rotatable bonds is 7. The van der Waals surface area contributed by atoms with Gasteiger partial charge in [-0.2, -0.15) is 13.2 Å². The molecule has 1 aromatic carbocycles. The van der Waals surface area contributed by atoms with Crippen molar-refractivity contribution >= 4 is 22.6 Å². The van der Waals surface area contributed by atoms with Crippen molar-refractivity contribution in [2.24, 2.45) is 5.41 Å². The second kappa shape index (κ2) is 9.89. The van der Waals surface area contributed by atoms with Crippen LogP contribution in [0, 0.1) is 5.41 Å². The van der Waals surface area contributed by atoms with Crippen LogP contribution < -0.4 is 10.1 Å². The largest absolute Gasteiger partial charge is 0.491 e. The van der Waals surface area contributed by atoms with Gasteiger partial charge in [0.25, 0.3) is 0 Å². The van der Waals surface area contributed by atoms with Crippen LogP contribution in [0.2, 0.25) is 0 Å². The van der Waals surface area contributed by atoms with Crippen LogP contribution in [-0.4, -0.2) is 80.8 Å². The molecule has 210 valence electrons. The molecule has 0 unspecified atom stereocenters. The number of hydrogen-bond acceptors (Lipinski definition) is 7. The zero-order valence-electron chi connectivity index (χ0n) is 21.6. The van der Waals surface area contributed by atoms with Crippen LogP contribution in [0.25, 0.3) is 28.1 Å². The minimum absolute atomic E-state index is 0.0766. The maximum Gasteiger partial charge on any atom is 0.413 e. The summed E-state index contributed by atoms with van der Waals surface area (Å²) < 4.78 is 56.1. The Morgan fingerprint density at radius 3 is 2.75 bits per heavy atom. The van der Waals surface area contributed by atoms with Crippen molar-refractivity contribution in [2.45, 2.75) is 31.6 Å². The Bertz CT molecular complexity index is 1570. The average molecular weight is 557 g/mol. The number of carboxylic acid groups (broad SMARTS) is 1. The quantitative estimate of drug-likeness (QED) is 0.346. The SMILES string of the molecule is CC1(COc2cccc3ccc(-c4nnc5ccc([C@@H](N(C(=O)O)[C@H]6CCNC6)C(F)(F)F)cn45)nc23)COC1. The molecule has 2 aliphatic rings. The summed E-state index contributed by atoms with van der Waals surface area (Å²) in [7, 11) is 0. The molecule has 10 nitrogen and oxygen atoms in total. The lowest BCUT2D eigenvalue weighted by atomic mass is 9.90. The number of hydrogen-bond donors (Lipinski definition) is 2. The number of ether oxygens (including phenoxy) is 2. The van der Waals surface area contributed by atoms with E-state index in [9.17, 15) is 23.1 Å². The van der Waals surface area contributed by atoms with Crippen LogP contribution in [0.15, 0.2) is 48.7 Å². The highest BCUT2D eigenvalue weighted by atomic mass is 19.4. The van der Waals surface area contributed by atoms with Crippen molar-refractivity contribution in [2.75, 3.05) is 32.9 Å². The second-order valence-electron chi connectivity index (χ2n) is 10.6. The summed E-state index contributed by atoms with van der Waals surface area (Å²) in [6.07, 6.45) is -4.95. The molecule has 0 bridgehead atoms. The number of fused-ring (bicyclic) bond motifs is 2. The number of aromatic nitrogens is 4. The Labute approximate surface area is 226 Å². The lowest BCUT2D eigenvalue weighted by Gasteiger charge is -2.37. The summed E-state index contributed by atoms with van der Waals surface area (Å²) in [5.41, 5.74) is 0.942. The summed E-state index contributed by atoms with van der Waals surface area (Å²) in [5, 5.41) is 21.9. The smallest absolute Gasteiger partial charge is 0.413 e. The maximum atomic E-state index is 14.4. The van der Waals surface area contributed by atoms with E-state index in [1.165, 1.54) is 22.7 Å². The Kier molecular flexibility index (Phi) is 6.50. The average Bonchev–Trinajstić information content (AvgIpc) is 3.58. The Morgan fingerprint density at radius 1 is 1.25 bits per heavy atom. The maximum absolute atomic E-state index is 14.4. The molecular formula is C27H27F3N6O4. The molecule has 40 heavy (non-hydrogen) atoms. The first-order valence-electron chi connectivity index (χ1n) is 12.9. The van der Waals surface area contributed by atoms with E-state index < -0.39 is 24.4 Å². The van der Waals surface area contributed by atoms with Crippen LogP contribution >= 0.6 is 0 Å². The third-order valence-electron chi connectivity index (χ3n) is 7.37. The Balaban J connectivity index is 1.40. The number of para-hydroxylation sites is 1. The highest BCUT2D eigenvalue weighted by Crippen LogP contribution is 2.40. The second-order valence-corrected chi connectivity index (χ2v) is 10.6. The van der Waals surface area contributed by atoms with Crippen molar-refractivity contribution in [1.29, 1.82) is 0 Å². The van der Waals surface area contributed by atoms with Gasteiger partial charge in [-0.3, -0.25) is 9.30 Å². The van der Waals surface area contributed by atoms with E-state index >= 15 is 0 Å². The number of halogens is 3. The molecule has 0 radical (unpaired) electrons. The number of benzene rings is 1. The topological polar surface area (TPSA) is 114 Å². The summed E-state index contributed by atoms with van der Waals surface area (Å²) in [4.78, 5) is 17.3. The molecule has 4 aromatic rings. The van der Waals surface area contributed by atoms with Gasteiger partial charge in [-0.15, -0.1) is 10.2 Å². The molecular weight excluding hydrogens is 529 g/mol. The number of nitrogens with zero attached hydrogens (tertiary/aromatic N) is 5. The third-order valence-corrected chi connectivity index (χ3v) is 7.37. The van der Waals surface area contributed by atoms with Crippen LogP contribution in [0.3, 0.4) is 0 Å². The zero-order valence-corrected chi connectivity index (χ0v) is 21.6. The van der Waals surface area contributed by atoms with Crippen molar-refractivity contribution in [3.8, 4) is 17.3 Å². The monoisotopic (exact) mass is 556 g/mol. The van der Waals surface area contributed by atoms with Crippen molar-refractivity contribution in [1.82, 2.24) is 29.8 Å². The van der Waals surface area contributed by atoms with Gasteiger partial charge >= 0.3 is 12.3 Å². The molecule has 0 saturated carbocycles. The number of nitrogens with one attached hydrogen (secondary N) is 1. The predicted molar refractivity (Wildman–Crippen MR) is 138 cm³/mol. The summed E-state index contributed by atoms with van der Waals surface area (Å²) in [5.74, 6) is 0.791. The Morgan fingerprint density at radius 2 is 2.08 bits per heavy atom. The number of amides is 1. The lowest BCUT2D eigenvalue weighted by Crippen LogP contribution is -2.48. The van der Waals surface area contributed by atoms with Gasteiger partial charge in [-0.25, -0.2) is 9.78 Å². The van der Waals surface area contributed by atoms with Crippen LogP contribution in [0.1, 0.15) is 24.9 Å². The molecule has 6 rings (SSSR count). The molecule has 0 aliphatic carbocycles. The molecule has 1 amide bonds. The number of alkyl halides is 3. The molecule has 0 spiro atoms. The Hall–Kier alpha value is -3.97. The van der Waals surface area contributed by atoms with Crippen LogP contribution in [-0.2, 0) is 4.74 Å². The van der Waals surface area contributed by atoms with Crippen LogP contribution in [0.4, 0.5) is 18.0 Å². The zero-order chi connectivity index (χ0) is 28.1. The molecule has 2 atom stereocenters. The van der Waals surface area contributed by atoms with Crippen molar-refractivity contribution in [3.63, 3.8) is 0 Å². The first-order chi connectivity index (χ1) is 19.1. The van der Waals surface area contributed by atoms with E-state index in [0.717, 1.165) is 5.39 Å². The fourth-order valence-electron chi connectivity index (χ4n) is 5.25. The highest BCUT2D eigenvalue weighted by Gasteiger charge is 2.49. The predicted octanol–water partition coefficient (Wildman–Crippen LogP) is 4.31. The fraction of sp³-hybridized carbons (Fsp3) is 0.407. The van der Waals surface area contributed by atoms with E-state index in [1.54, 1.807) is 6.07 Å². The lowest BCUT2D eigenvalue weighted by molar-refractivity contribution is -0.185. The summed E-state index contributed by atoms with van der Waals surface area (Å²) in [6, 6.07) is 8.58. The molecule has 5 heterocycles. The molecule has 2 aliphatic heterocycles. The number of pyridine rings is 2. The highest BCUT2D eigenvalue weighted by molar-refractivity contribution is 5.86. The summed E-state index contributed by atoms with van der Waals surface area (Å²) >= 11 is 0. The molecule has 2 N–H and O–H groups in total. The van der Waals surface area contributed by atoms with Gasteiger partial charge < -0.3 is 19.9 Å². The van der Waals surface area contributed by atoms with Gasteiger partial charge in [0, 0.05) is 35.1 Å². The first-order valence-corrected chi connectivity index (χ1v) is 12.9. The van der Waals surface area contributed by atoms with Gasteiger partial charge in [0.1, 0.15) is 17.0 Å². The van der Waals surface area contributed by atoms with Gasteiger partial charge in [-0.1, -0.05) is 31.2 Å². The van der Waals surface area contributed by atoms with Gasteiger partial charge in [0.2, 0.25) is 0 Å². The van der Waals surface area contributed by atoms with E-state index in [0.29, 0.717) is 53.9 Å². The third kappa shape index (κ3) is 4.79. The standard InChI is InChI=1S/C27H27F3N6O4/c1-26(13-39-14-26)15-40-20-4-2-3-16-5-7-19(32-22(16)20)24-34-33-21-8-6-17(12-35(21)24)23(27(28,29)30)36(25(37)38)18-9-10-31-11-18/h2-8,12,18,23,31H,9-11,13-15H2,1H3,(H,37,38)/t18-,23+/m0/s1. The normalized spacial score (nSPS) is 19.4. The van der Waals surface area contributed by atoms with Crippen molar-refractivity contribution < 1.29 is 32.5 Å². The van der Waals surface area contributed by atoms with Gasteiger partial charge in [-0.05, 0) is 31.2 Å². The van der Waals surface area contributed by atoms with E-state index in [2.05, 4.69) is 22.4 Å². The van der Waals surface area contributed by atoms with Gasteiger partial charge in [0.05, 0.1) is 19.8 Å². The molecule has 2 saturated heterocycles. The van der Waals surface area contributed by atoms with Gasteiger partial charge in [0.15, 0.2) is 17.5 Å². The minimum atomic E-state index is -4.85. The molecule has 13 heteroatoms. The summed E-state index contributed by atoms with van der Waals surface area (Å²) in [6.45, 7) is 4.34. The first kappa shape index (κ1) is 26.3. The number of carbonyl (C=O) groups is 1. The van der Waals surface area contributed by atoms with E-state index in [-0.39, 0.29) is 29.8 Å². The van der Waals surface area contributed by atoms with Crippen molar-refractivity contribution in [3.05, 3.63) is 54.2 Å².